The zero-order valence-corrected chi connectivity index (χ0v) is 11.3. The second kappa shape index (κ2) is 4.86. The lowest BCUT2D eigenvalue weighted by Crippen LogP contribution is -1.98. The van der Waals surface area contributed by atoms with Crippen LogP contribution in [0.15, 0.2) is 63.9 Å². The van der Waals surface area contributed by atoms with Gasteiger partial charge in [0.2, 0.25) is 0 Å². The molecule has 3 heteroatoms. The first-order chi connectivity index (χ1) is 8.84. The van der Waals surface area contributed by atoms with Crippen LogP contribution in [0.2, 0.25) is 0 Å². The molecular weight excluding hydrogens is 290 g/mol. The van der Waals surface area contributed by atoms with E-state index in [9.17, 15) is 0 Å². The van der Waals surface area contributed by atoms with E-state index in [-0.39, 0.29) is 0 Å². The molecular formula is C15H12BrNO. The number of hydrogen-bond donors (Lipinski definition) is 1. The van der Waals surface area contributed by atoms with E-state index in [1.165, 1.54) is 10.8 Å². The van der Waals surface area contributed by atoms with Crippen LogP contribution in [0.5, 0.6) is 0 Å². The Bertz CT molecular complexity index is 661. The van der Waals surface area contributed by atoms with Crippen LogP contribution >= 0.6 is 15.9 Å². The summed E-state index contributed by atoms with van der Waals surface area (Å²) >= 11 is 3.58. The molecule has 0 saturated heterocycles. The van der Waals surface area contributed by atoms with Crippen molar-refractivity contribution in [2.75, 3.05) is 5.32 Å². The molecule has 3 rings (SSSR count). The van der Waals surface area contributed by atoms with E-state index in [2.05, 4.69) is 51.6 Å². The van der Waals surface area contributed by atoms with Gasteiger partial charge < -0.3 is 9.73 Å². The molecule has 1 heterocycles. The number of rotatable bonds is 3. The zero-order chi connectivity index (χ0) is 12.4. The van der Waals surface area contributed by atoms with E-state index >= 15 is 0 Å². The Morgan fingerprint density at radius 1 is 1.00 bits per heavy atom. The molecule has 0 spiro atoms. The van der Waals surface area contributed by atoms with Gasteiger partial charge in [0.1, 0.15) is 0 Å². The van der Waals surface area contributed by atoms with Crippen molar-refractivity contribution in [3.05, 3.63) is 65.0 Å². The van der Waals surface area contributed by atoms with Gasteiger partial charge in [-0.15, -0.1) is 0 Å². The minimum Gasteiger partial charge on any atom is -0.472 e. The molecule has 2 aromatic carbocycles. The highest BCUT2D eigenvalue weighted by atomic mass is 79.9. The monoisotopic (exact) mass is 301 g/mol. The van der Waals surface area contributed by atoms with Gasteiger partial charge in [0.25, 0.3) is 0 Å². The van der Waals surface area contributed by atoms with E-state index < -0.39 is 0 Å². The largest absolute Gasteiger partial charge is 0.472 e. The van der Waals surface area contributed by atoms with Gasteiger partial charge in [-0.2, -0.15) is 0 Å². The lowest BCUT2D eigenvalue weighted by molar-refractivity contribution is 0.564. The Labute approximate surface area is 114 Å². The number of fused-ring (bicyclic) bond motifs is 1. The lowest BCUT2D eigenvalue weighted by Gasteiger charge is -2.10. The fourth-order valence-electron chi connectivity index (χ4n) is 2.01. The zero-order valence-electron chi connectivity index (χ0n) is 9.69. The van der Waals surface area contributed by atoms with Crippen molar-refractivity contribution in [3.63, 3.8) is 0 Å². The molecule has 90 valence electrons. The van der Waals surface area contributed by atoms with Crippen LogP contribution in [0.25, 0.3) is 10.8 Å². The number of benzene rings is 2. The highest BCUT2D eigenvalue weighted by Gasteiger charge is 2.03. The van der Waals surface area contributed by atoms with Crippen LogP contribution in [0.4, 0.5) is 5.69 Å². The van der Waals surface area contributed by atoms with Crippen LogP contribution in [0, 0.1) is 0 Å². The quantitative estimate of drug-likeness (QED) is 0.751. The predicted molar refractivity (Wildman–Crippen MR) is 77.7 cm³/mol. The fourth-order valence-corrected chi connectivity index (χ4v) is 2.48. The summed E-state index contributed by atoms with van der Waals surface area (Å²) in [5, 5.41) is 5.87. The summed E-state index contributed by atoms with van der Waals surface area (Å²) in [5.74, 6) is 0. The fraction of sp³-hybridized carbons (Fsp3) is 0.0667. The summed E-state index contributed by atoms with van der Waals surface area (Å²) in [5.41, 5.74) is 2.27. The SMILES string of the molecule is Brc1ccc(NCc2ccoc2)c2ccccc12. The molecule has 0 atom stereocenters. The number of nitrogens with one attached hydrogen (secondary N) is 1. The van der Waals surface area contributed by atoms with Crippen molar-refractivity contribution >= 4 is 32.4 Å². The van der Waals surface area contributed by atoms with Crippen molar-refractivity contribution in [1.29, 1.82) is 0 Å². The normalized spacial score (nSPS) is 10.7. The molecule has 0 bridgehead atoms. The third-order valence-electron chi connectivity index (χ3n) is 2.93. The van der Waals surface area contributed by atoms with Gasteiger partial charge >= 0.3 is 0 Å². The van der Waals surface area contributed by atoms with Crippen LogP contribution < -0.4 is 5.32 Å². The number of hydrogen-bond acceptors (Lipinski definition) is 2. The van der Waals surface area contributed by atoms with Crippen molar-refractivity contribution in [1.82, 2.24) is 0 Å². The van der Waals surface area contributed by atoms with Crippen molar-refractivity contribution < 1.29 is 4.42 Å². The molecule has 2 nitrogen and oxygen atoms in total. The minimum absolute atomic E-state index is 0.766. The molecule has 0 unspecified atom stereocenters. The van der Waals surface area contributed by atoms with E-state index in [4.69, 9.17) is 4.42 Å². The summed E-state index contributed by atoms with van der Waals surface area (Å²) in [6.45, 7) is 0.766. The number of furan rings is 1. The highest BCUT2D eigenvalue weighted by Crippen LogP contribution is 2.30. The molecule has 1 aromatic heterocycles. The smallest absolute Gasteiger partial charge is 0.0952 e. The summed E-state index contributed by atoms with van der Waals surface area (Å²) < 4.78 is 6.18. The summed E-state index contributed by atoms with van der Waals surface area (Å²) in [4.78, 5) is 0. The van der Waals surface area contributed by atoms with Crippen molar-refractivity contribution in [2.24, 2.45) is 0 Å². The molecule has 0 amide bonds. The summed E-state index contributed by atoms with van der Waals surface area (Å²) in [6, 6.07) is 14.5. The number of anilines is 1. The number of halogens is 1. The van der Waals surface area contributed by atoms with E-state index in [1.807, 2.05) is 12.1 Å². The highest BCUT2D eigenvalue weighted by molar-refractivity contribution is 9.10. The van der Waals surface area contributed by atoms with E-state index in [0.29, 0.717) is 0 Å². The topological polar surface area (TPSA) is 25.2 Å². The van der Waals surface area contributed by atoms with Gasteiger partial charge in [0.05, 0.1) is 12.5 Å². The maximum Gasteiger partial charge on any atom is 0.0952 e. The molecule has 0 fully saturated rings. The Morgan fingerprint density at radius 3 is 2.61 bits per heavy atom. The Kier molecular flexibility index (Phi) is 3.07. The predicted octanol–water partition coefficient (Wildman–Crippen LogP) is 4.81. The lowest BCUT2D eigenvalue weighted by atomic mass is 10.1. The van der Waals surface area contributed by atoms with Crippen molar-refractivity contribution in [2.45, 2.75) is 6.54 Å². The molecule has 0 radical (unpaired) electrons. The third kappa shape index (κ3) is 2.14. The molecule has 0 aliphatic rings. The molecule has 1 N–H and O–H groups in total. The average molecular weight is 302 g/mol. The molecule has 0 aliphatic carbocycles. The second-order valence-corrected chi connectivity index (χ2v) is 4.98. The minimum atomic E-state index is 0.766. The van der Waals surface area contributed by atoms with Gasteiger partial charge in [0, 0.05) is 27.7 Å². The third-order valence-corrected chi connectivity index (χ3v) is 3.63. The Morgan fingerprint density at radius 2 is 1.83 bits per heavy atom. The van der Waals surface area contributed by atoms with Crippen LogP contribution in [0.3, 0.4) is 0 Å². The second-order valence-electron chi connectivity index (χ2n) is 4.13. The van der Waals surface area contributed by atoms with Gasteiger partial charge in [-0.1, -0.05) is 40.2 Å². The Balaban J connectivity index is 1.94. The molecule has 18 heavy (non-hydrogen) atoms. The van der Waals surface area contributed by atoms with Crippen LogP contribution in [0.1, 0.15) is 5.56 Å². The molecule has 3 aromatic rings. The molecule has 0 aliphatic heterocycles. The molecule has 0 saturated carbocycles. The summed E-state index contributed by atoms with van der Waals surface area (Å²) in [7, 11) is 0. The first kappa shape index (κ1) is 11.4. The first-order valence-corrected chi connectivity index (χ1v) is 6.56. The van der Waals surface area contributed by atoms with Crippen LogP contribution in [-0.4, -0.2) is 0 Å². The maximum absolute atomic E-state index is 5.06. The average Bonchev–Trinajstić information content (AvgIpc) is 2.92. The van der Waals surface area contributed by atoms with Crippen molar-refractivity contribution in [3.8, 4) is 0 Å². The summed E-state index contributed by atoms with van der Waals surface area (Å²) in [6.07, 6.45) is 3.45. The van der Waals surface area contributed by atoms with Gasteiger partial charge in [-0.25, -0.2) is 0 Å². The van der Waals surface area contributed by atoms with Gasteiger partial charge in [-0.3, -0.25) is 0 Å². The van der Waals surface area contributed by atoms with E-state index in [1.54, 1.807) is 12.5 Å². The standard InChI is InChI=1S/C15H12BrNO/c16-14-5-6-15(13-4-2-1-3-12(13)14)17-9-11-7-8-18-10-11/h1-8,10,17H,9H2. The van der Waals surface area contributed by atoms with E-state index in [0.717, 1.165) is 22.3 Å². The van der Waals surface area contributed by atoms with Gasteiger partial charge in [-0.05, 0) is 23.6 Å². The maximum atomic E-state index is 5.06. The van der Waals surface area contributed by atoms with Crippen LogP contribution in [-0.2, 0) is 6.54 Å². The first-order valence-electron chi connectivity index (χ1n) is 5.77. The van der Waals surface area contributed by atoms with Gasteiger partial charge in [0.15, 0.2) is 0 Å². The Hall–Kier alpha value is -1.74.